The van der Waals surface area contributed by atoms with E-state index in [0.717, 1.165) is 11.1 Å². The topological polar surface area (TPSA) is 51.1 Å². The summed E-state index contributed by atoms with van der Waals surface area (Å²) >= 11 is 5.89. The van der Waals surface area contributed by atoms with Crippen LogP contribution >= 0.6 is 11.6 Å². The van der Waals surface area contributed by atoms with Gasteiger partial charge in [0.2, 0.25) is 0 Å². The molecule has 1 atom stereocenters. The lowest BCUT2D eigenvalue weighted by atomic mass is 10.1. The average molecular weight is 367 g/mol. The van der Waals surface area contributed by atoms with Crippen LogP contribution in [0.1, 0.15) is 34.5 Å². The van der Waals surface area contributed by atoms with Gasteiger partial charge >= 0.3 is 0 Å². The molecular weight excluding hydrogens is 348 g/mol. The van der Waals surface area contributed by atoms with E-state index in [1.54, 1.807) is 30.5 Å². The lowest BCUT2D eigenvalue weighted by Gasteiger charge is -2.15. The van der Waals surface area contributed by atoms with Gasteiger partial charge < -0.3 is 9.88 Å². The van der Waals surface area contributed by atoms with Crippen molar-refractivity contribution >= 4 is 17.5 Å². The molecule has 0 saturated heterocycles. The second-order valence-corrected chi connectivity index (χ2v) is 6.52. The molecule has 4 nitrogen and oxygen atoms in total. The van der Waals surface area contributed by atoms with Crippen LogP contribution in [0.15, 0.2) is 77.7 Å². The smallest absolute Gasteiger partial charge is 0.263 e. The molecule has 0 saturated carbocycles. The SMILES string of the molecule is CC(NC(=O)c1cccn(Cc2ccc(Cl)cc2)c1=O)c1ccccc1. The van der Waals surface area contributed by atoms with Gasteiger partial charge in [-0.25, -0.2) is 0 Å². The average Bonchev–Trinajstić information content (AvgIpc) is 2.66. The van der Waals surface area contributed by atoms with E-state index < -0.39 is 0 Å². The van der Waals surface area contributed by atoms with Gasteiger partial charge in [-0.05, 0) is 42.3 Å². The van der Waals surface area contributed by atoms with Crippen molar-refractivity contribution in [1.82, 2.24) is 9.88 Å². The number of nitrogens with one attached hydrogen (secondary N) is 1. The molecular formula is C21H19ClN2O2. The maximum Gasteiger partial charge on any atom is 0.263 e. The van der Waals surface area contributed by atoms with Crippen LogP contribution in [0, 0.1) is 0 Å². The van der Waals surface area contributed by atoms with Gasteiger partial charge in [0.15, 0.2) is 0 Å². The summed E-state index contributed by atoms with van der Waals surface area (Å²) in [7, 11) is 0. The van der Waals surface area contributed by atoms with Crippen LogP contribution in [0.3, 0.4) is 0 Å². The molecule has 0 aliphatic carbocycles. The fraction of sp³-hybridized carbons (Fsp3) is 0.143. The minimum Gasteiger partial charge on any atom is -0.345 e. The van der Waals surface area contributed by atoms with E-state index in [-0.39, 0.29) is 23.1 Å². The number of carbonyl (C=O) groups is 1. The highest BCUT2D eigenvalue weighted by Gasteiger charge is 2.15. The number of hydrogen-bond acceptors (Lipinski definition) is 2. The molecule has 1 aromatic heterocycles. The van der Waals surface area contributed by atoms with Crippen molar-refractivity contribution in [3.8, 4) is 0 Å². The van der Waals surface area contributed by atoms with Gasteiger partial charge in [0.25, 0.3) is 11.5 Å². The van der Waals surface area contributed by atoms with Gasteiger partial charge in [0.05, 0.1) is 12.6 Å². The minimum absolute atomic E-state index is 0.129. The standard InChI is InChI=1S/C21H19ClN2O2/c1-15(17-6-3-2-4-7-17)23-20(25)19-8-5-13-24(21(19)26)14-16-9-11-18(22)12-10-16/h2-13,15H,14H2,1H3,(H,23,25). The summed E-state index contributed by atoms with van der Waals surface area (Å²) < 4.78 is 1.52. The summed E-state index contributed by atoms with van der Waals surface area (Å²) in [5.74, 6) is -0.378. The second-order valence-electron chi connectivity index (χ2n) is 6.09. The van der Waals surface area contributed by atoms with E-state index in [9.17, 15) is 9.59 Å². The van der Waals surface area contributed by atoms with E-state index in [1.807, 2.05) is 49.4 Å². The molecule has 1 N–H and O–H groups in total. The molecule has 0 aliphatic rings. The minimum atomic E-state index is -0.378. The summed E-state index contributed by atoms with van der Waals surface area (Å²) in [5.41, 5.74) is 1.73. The normalized spacial score (nSPS) is 11.8. The lowest BCUT2D eigenvalue weighted by molar-refractivity contribution is 0.0937. The molecule has 0 bridgehead atoms. The van der Waals surface area contributed by atoms with Gasteiger partial charge in [-0.15, -0.1) is 0 Å². The first-order valence-electron chi connectivity index (χ1n) is 8.34. The highest BCUT2D eigenvalue weighted by Crippen LogP contribution is 2.12. The molecule has 1 heterocycles. The molecule has 132 valence electrons. The number of rotatable bonds is 5. The van der Waals surface area contributed by atoms with E-state index >= 15 is 0 Å². The van der Waals surface area contributed by atoms with Crippen LogP contribution in [-0.2, 0) is 6.54 Å². The van der Waals surface area contributed by atoms with Crippen molar-refractivity contribution in [2.24, 2.45) is 0 Å². The van der Waals surface area contributed by atoms with E-state index in [0.29, 0.717) is 11.6 Å². The predicted octanol–water partition coefficient (Wildman–Crippen LogP) is 4.04. The van der Waals surface area contributed by atoms with Crippen LogP contribution in [0.5, 0.6) is 0 Å². The Hall–Kier alpha value is -2.85. The largest absolute Gasteiger partial charge is 0.345 e. The van der Waals surface area contributed by atoms with Crippen LogP contribution in [0.25, 0.3) is 0 Å². The zero-order valence-corrected chi connectivity index (χ0v) is 15.1. The summed E-state index contributed by atoms with van der Waals surface area (Å²) in [4.78, 5) is 25.2. The quantitative estimate of drug-likeness (QED) is 0.740. The first kappa shape index (κ1) is 18.0. The molecule has 26 heavy (non-hydrogen) atoms. The fourth-order valence-corrected chi connectivity index (χ4v) is 2.85. The maximum absolute atomic E-state index is 12.7. The lowest BCUT2D eigenvalue weighted by Crippen LogP contribution is -2.34. The molecule has 5 heteroatoms. The Labute approximate surface area is 157 Å². The molecule has 0 radical (unpaired) electrons. The van der Waals surface area contributed by atoms with Crippen molar-refractivity contribution in [3.63, 3.8) is 0 Å². The highest BCUT2D eigenvalue weighted by molar-refractivity contribution is 6.30. The first-order chi connectivity index (χ1) is 12.5. The van der Waals surface area contributed by atoms with E-state index in [1.165, 1.54) is 4.57 Å². The van der Waals surface area contributed by atoms with Crippen LogP contribution in [-0.4, -0.2) is 10.5 Å². The second kappa shape index (κ2) is 8.02. The van der Waals surface area contributed by atoms with Gasteiger partial charge in [0.1, 0.15) is 5.56 Å². The zero-order valence-electron chi connectivity index (χ0n) is 14.4. The summed E-state index contributed by atoms with van der Waals surface area (Å²) in [6, 6.07) is 20.0. The zero-order chi connectivity index (χ0) is 18.5. The van der Waals surface area contributed by atoms with Gasteiger partial charge in [-0.2, -0.15) is 0 Å². The molecule has 3 aromatic rings. The Balaban J connectivity index is 1.79. The highest BCUT2D eigenvalue weighted by atomic mass is 35.5. The number of amides is 1. The third kappa shape index (κ3) is 4.21. The van der Waals surface area contributed by atoms with Crippen LogP contribution in [0.2, 0.25) is 5.02 Å². The third-order valence-corrected chi connectivity index (χ3v) is 4.43. The Morgan fingerprint density at radius 2 is 1.73 bits per heavy atom. The van der Waals surface area contributed by atoms with E-state index in [4.69, 9.17) is 11.6 Å². The number of nitrogens with zero attached hydrogens (tertiary/aromatic N) is 1. The van der Waals surface area contributed by atoms with Crippen molar-refractivity contribution < 1.29 is 4.79 Å². The number of halogens is 1. The first-order valence-corrected chi connectivity index (χ1v) is 8.72. The Bertz CT molecular complexity index is 950. The van der Waals surface area contributed by atoms with Crippen LogP contribution < -0.4 is 10.9 Å². The van der Waals surface area contributed by atoms with Gasteiger partial charge in [-0.1, -0.05) is 54.1 Å². The summed E-state index contributed by atoms with van der Waals surface area (Å²) in [6.45, 7) is 2.27. The number of hydrogen-bond donors (Lipinski definition) is 1. The van der Waals surface area contributed by atoms with Crippen molar-refractivity contribution in [3.05, 3.63) is 105 Å². The Morgan fingerprint density at radius 3 is 2.42 bits per heavy atom. The van der Waals surface area contributed by atoms with Gasteiger partial charge in [0, 0.05) is 11.2 Å². The van der Waals surface area contributed by atoms with Crippen molar-refractivity contribution in [1.29, 1.82) is 0 Å². The molecule has 0 aliphatic heterocycles. The molecule has 0 spiro atoms. The van der Waals surface area contributed by atoms with Crippen molar-refractivity contribution in [2.45, 2.75) is 19.5 Å². The maximum atomic E-state index is 12.7. The number of benzene rings is 2. The number of pyridine rings is 1. The predicted molar refractivity (Wildman–Crippen MR) is 104 cm³/mol. The molecule has 0 fully saturated rings. The molecule has 1 amide bonds. The molecule has 1 unspecified atom stereocenters. The Kier molecular flexibility index (Phi) is 5.54. The molecule has 2 aromatic carbocycles. The van der Waals surface area contributed by atoms with Crippen molar-refractivity contribution in [2.75, 3.05) is 0 Å². The fourth-order valence-electron chi connectivity index (χ4n) is 2.72. The monoisotopic (exact) mass is 366 g/mol. The third-order valence-electron chi connectivity index (χ3n) is 4.18. The van der Waals surface area contributed by atoms with E-state index in [2.05, 4.69) is 5.32 Å². The number of aromatic nitrogens is 1. The van der Waals surface area contributed by atoms with Gasteiger partial charge in [-0.3, -0.25) is 9.59 Å². The Morgan fingerprint density at radius 1 is 1.04 bits per heavy atom. The molecule has 3 rings (SSSR count). The summed E-state index contributed by atoms with van der Waals surface area (Å²) in [5, 5.41) is 3.52. The number of carbonyl (C=O) groups excluding carboxylic acids is 1. The summed E-state index contributed by atoms with van der Waals surface area (Å²) in [6.07, 6.45) is 1.67. The van der Waals surface area contributed by atoms with Crippen LogP contribution in [0.4, 0.5) is 0 Å².